The Kier molecular flexibility index (Phi) is 9.70. The highest BCUT2D eigenvalue weighted by Crippen LogP contribution is 2.46. The zero-order chi connectivity index (χ0) is 47.0. The average Bonchev–Trinajstić information content (AvgIpc) is 3.94. The Morgan fingerprint density at radius 2 is 0.757 bits per heavy atom. The highest BCUT2D eigenvalue weighted by molar-refractivity contribution is 6.24. The van der Waals surface area contributed by atoms with E-state index >= 15 is 0 Å². The second kappa shape index (κ2) is 16.4. The Morgan fingerprint density at radius 3 is 1.27 bits per heavy atom. The average molecular weight is 901 g/mol. The molecule has 0 N–H and O–H groups in total. The molecule has 0 fully saturated rings. The van der Waals surface area contributed by atoms with Gasteiger partial charge in [-0.1, -0.05) is 121 Å². The standard InChI is InChI=1S/C66H48N2O2/c1-41-15-11-13-21-58(41)67(60-30-25-47(33-43(60)3)45-17-7-5-8-18-45)53-27-23-49-37-56-55-29-32-62-65(66(55)70-63(56)39-51(49)35-53)57-38-50-24-28-54(36-52(50)40-64(57)69-62)68(59-22-14-12-16-42(59)2)61-31-26-48(34-44(61)4)46-19-9-6-10-20-46/h5-40H,1-4H3. The summed E-state index contributed by atoms with van der Waals surface area (Å²) in [5, 5.41) is 8.70. The number of fused-ring (bicyclic) bond motifs is 9. The fraction of sp³-hybridized carbons (Fsp3) is 0.0606. The predicted molar refractivity (Wildman–Crippen MR) is 295 cm³/mol. The van der Waals surface area contributed by atoms with E-state index in [-0.39, 0.29) is 0 Å². The largest absolute Gasteiger partial charge is 0.456 e. The molecular weight excluding hydrogens is 853 g/mol. The molecule has 0 spiro atoms. The highest BCUT2D eigenvalue weighted by Gasteiger charge is 2.22. The fourth-order valence-electron chi connectivity index (χ4n) is 10.7. The lowest BCUT2D eigenvalue weighted by atomic mass is 10.00. The number of furan rings is 2. The Morgan fingerprint density at radius 1 is 0.286 bits per heavy atom. The maximum Gasteiger partial charge on any atom is 0.147 e. The molecule has 0 aliphatic rings. The van der Waals surface area contributed by atoms with Crippen molar-refractivity contribution in [2.24, 2.45) is 0 Å². The molecule has 334 valence electrons. The molecule has 4 nitrogen and oxygen atoms in total. The topological polar surface area (TPSA) is 32.8 Å². The summed E-state index contributed by atoms with van der Waals surface area (Å²) in [7, 11) is 0. The lowest BCUT2D eigenvalue weighted by molar-refractivity contribution is 0.663. The van der Waals surface area contributed by atoms with Crippen LogP contribution in [-0.2, 0) is 0 Å². The molecule has 70 heavy (non-hydrogen) atoms. The highest BCUT2D eigenvalue weighted by atomic mass is 16.3. The molecule has 4 heteroatoms. The summed E-state index contributed by atoms with van der Waals surface area (Å²) in [5.74, 6) is 0. The molecule has 0 atom stereocenters. The van der Waals surface area contributed by atoms with Gasteiger partial charge in [-0.2, -0.15) is 0 Å². The van der Waals surface area contributed by atoms with Gasteiger partial charge in [-0.05, 0) is 191 Å². The van der Waals surface area contributed by atoms with E-state index in [0.29, 0.717) is 0 Å². The number of para-hydroxylation sites is 2. The van der Waals surface area contributed by atoms with Crippen LogP contribution in [0.1, 0.15) is 22.3 Å². The fourth-order valence-corrected chi connectivity index (χ4v) is 10.7. The molecular formula is C66H48N2O2. The molecule has 0 radical (unpaired) electrons. The lowest BCUT2D eigenvalue weighted by Crippen LogP contribution is -2.12. The van der Waals surface area contributed by atoms with E-state index in [9.17, 15) is 0 Å². The maximum atomic E-state index is 6.94. The van der Waals surface area contributed by atoms with Crippen LogP contribution in [0.15, 0.2) is 227 Å². The van der Waals surface area contributed by atoms with Gasteiger partial charge in [0.15, 0.2) is 0 Å². The molecule has 0 amide bonds. The number of hydrogen-bond donors (Lipinski definition) is 0. The summed E-state index contributed by atoms with van der Waals surface area (Å²) in [6.07, 6.45) is 0. The third kappa shape index (κ3) is 6.91. The van der Waals surface area contributed by atoms with E-state index in [1.807, 2.05) is 0 Å². The van der Waals surface area contributed by atoms with Gasteiger partial charge in [0, 0.05) is 50.3 Å². The van der Waals surface area contributed by atoms with Crippen LogP contribution >= 0.6 is 0 Å². The minimum absolute atomic E-state index is 0.808. The van der Waals surface area contributed by atoms with E-state index in [4.69, 9.17) is 8.83 Å². The van der Waals surface area contributed by atoms with Gasteiger partial charge in [-0.15, -0.1) is 0 Å². The first-order chi connectivity index (χ1) is 34.3. The van der Waals surface area contributed by atoms with E-state index in [0.717, 1.165) is 99.5 Å². The molecule has 0 saturated carbocycles. The maximum absolute atomic E-state index is 6.94. The molecule has 0 saturated heterocycles. The van der Waals surface area contributed by atoms with Crippen LogP contribution < -0.4 is 9.80 Å². The van der Waals surface area contributed by atoms with Gasteiger partial charge in [0.1, 0.15) is 22.3 Å². The lowest BCUT2D eigenvalue weighted by Gasteiger charge is -2.29. The van der Waals surface area contributed by atoms with Gasteiger partial charge < -0.3 is 18.6 Å². The SMILES string of the molecule is Cc1ccccc1N(c1ccc2cc3c(cc2c1)oc1c3ccc2oc3cc4cc(N(c5ccccc5C)c5ccc(-c6ccccc6)cc5C)ccc4cc3c21)c1ccc(-c2ccccc2)cc1C. The Hall–Kier alpha value is -8.86. The van der Waals surface area contributed by atoms with Crippen molar-refractivity contribution in [1.29, 1.82) is 0 Å². The number of aryl methyl sites for hydroxylation is 4. The normalized spacial score (nSPS) is 11.7. The summed E-state index contributed by atoms with van der Waals surface area (Å²) in [5.41, 5.74) is 19.7. The van der Waals surface area contributed by atoms with Gasteiger partial charge in [-0.25, -0.2) is 0 Å². The van der Waals surface area contributed by atoms with Crippen molar-refractivity contribution in [2.45, 2.75) is 27.7 Å². The van der Waals surface area contributed by atoms with Crippen molar-refractivity contribution >= 4 is 99.5 Å². The molecule has 13 rings (SSSR count). The van der Waals surface area contributed by atoms with Gasteiger partial charge in [0.2, 0.25) is 0 Å². The van der Waals surface area contributed by atoms with Gasteiger partial charge in [0.05, 0.1) is 5.39 Å². The molecule has 0 aliphatic heterocycles. The van der Waals surface area contributed by atoms with Crippen molar-refractivity contribution in [3.8, 4) is 22.3 Å². The van der Waals surface area contributed by atoms with Crippen molar-refractivity contribution in [3.05, 3.63) is 241 Å². The third-order valence-electron chi connectivity index (χ3n) is 14.3. The van der Waals surface area contributed by atoms with Crippen LogP contribution in [0.25, 0.3) is 87.7 Å². The third-order valence-corrected chi connectivity index (χ3v) is 14.3. The number of benzene rings is 11. The van der Waals surface area contributed by atoms with Gasteiger partial charge in [0.25, 0.3) is 0 Å². The Bertz CT molecular complexity index is 4180. The van der Waals surface area contributed by atoms with Crippen molar-refractivity contribution in [2.75, 3.05) is 9.80 Å². The molecule has 2 heterocycles. The molecule has 0 aliphatic carbocycles. The molecule has 13 aromatic rings. The van der Waals surface area contributed by atoms with Crippen LogP contribution in [0.2, 0.25) is 0 Å². The smallest absolute Gasteiger partial charge is 0.147 e. The minimum Gasteiger partial charge on any atom is -0.456 e. The molecule has 2 aromatic heterocycles. The summed E-state index contributed by atoms with van der Waals surface area (Å²) in [6, 6.07) is 78.7. The summed E-state index contributed by atoms with van der Waals surface area (Å²) < 4.78 is 13.6. The second-order valence-electron chi connectivity index (χ2n) is 18.8. The number of hydrogen-bond acceptors (Lipinski definition) is 4. The zero-order valence-electron chi connectivity index (χ0n) is 39.5. The number of anilines is 6. The summed E-state index contributed by atoms with van der Waals surface area (Å²) >= 11 is 0. The van der Waals surface area contributed by atoms with Crippen molar-refractivity contribution in [3.63, 3.8) is 0 Å². The van der Waals surface area contributed by atoms with Crippen LogP contribution in [0.4, 0.5) is 34.1 Å². The Labute approximate surface area is 406 Å². The minimum atomic E-state index is 0.808. The summed E-state index contributed by atoms with van der Waals surface area (Å²) in [4.78, 5) is 4.78. The molecule has 0 unspecified atom stereocenters. The first-order valence-corrected chi connectivity index (χ1v) is 24.1. The molecule has 0 bridgehead atoms. The Balaban J connectivity index is 0.908. The number of rotatable bonds is 8. The zero-order valence-corrected chi connectivity index (χ0v) is 39.5. The van der Waals surface area contributed by atoms with Crippen LogP contribution in [-0.4, -0.2) is 0 Å². The monoisotopic (exact) mass is 900 g/mol. The number of nitrogens with zero attached hydrogens (tertiary/aromatic N) is 2. The van der Waals surface area contributed by atoms with E-state index in [2.05, 4.69) is 256 Å². The first-order valence-electron chi connectivity index (χ1n) is 24.1. The van der Waals surface area contributed by atoms with E-state index in [1.54, 1.807) is 0 Å². The van der Waals surface area contributed by atoms with Crippen LogP contribution in [0, 0.1) is 27.7 Å². The van der Waals surface area contributed by atoms with Crippen molar-refractivity contribution in [1.82, 2.24) is 0 Å². The van der Waals surface area contributed by atoms with E-state index in [1.165, 1.54) is 44.5 Å². The van der Waals surface area contributed by atoms with Crippen molar-refractivity contribution < 1.29 is 8.83 Å². The molecule has 11 aromatic carbocycles. The predicted octanol–water partition coefficient (Wildman–Crippen LogP) is 19.3. The van der Waals surface area contributed by atoms with Crippen LogP contribution in [0.5, 0.6) is 0 Å². The summed E-state index contributed by atoms with van der Waals surface area (Å²) in [6.45, 7) is 8.78. The quantitative estimate of drug-likeness (QED) is 0.152. The van der Waals surface area contributed by atoms with E-state index < -0.39 is 0 Å². The second-order valence-corrected chi connectivity index (χ2v) is 18.8. The van der Waals surface area contributed by atoms with Crippen LogP contribution in [0.3, 0.4) is 0 Å². The van der Waals surface area contributed by atoms with Gasteiger partial charge in [-0.3, -0.25) is 0 Å². The first kappa shape index (κ1) is 41.3. The van der Waals surface area contributed by atoms with Gasteiger partial charge >= 0.3 is 0 Å².